The van der Waals surface area contributed by atoms with Gasteiger partial charge in [0.1, 0.15) is 5.75 Å². The van der Waals surface area contributed by atoms with Crippen molar-refractivity contribution in [2.75, 3.05) is 21.2 Å². The van der Waals surface area contributed by atoms with Crippen molar-refractivity contribution >= 4 is 21.8 Å². The van der Waals surface area contributed by atoms with Crippen LogP contribution in [0.4, 0.5) is 0 Å². The standard InChI is InChI=1S/C16H19ClN2O3S/c1-19(2)23(20,21)18-16(12-4-8-14(17)9-5-12)13-6-10-15(22-3)11-7-13/h4-11,16,18H,1-3H3. The molecule has 0 aromatic heterocycles. The molecule has 0 aliphatic carbocycles. The van der Waals surface area contributed by atoms with E-state index in [9.17, 15) is 8.42 Å². The Morgan fingerprint density at radius 2 is 1.48 bits per heavy atom. The van der Waals surface area contributed by atoms with Crippen molar-refractivity contribution in [3.05, 3.63) is 64.7 Å². The van der Waals surface area contributed by atoms with E-state index in [-0.39, 0.29) is 0 Å². The normalized spacial score (nSPS) is 13.1. The van der Waals surface area contributed by atoms with Crippen molar-refractivity contribution in [2.45, 2.75) is 6.04 Å². The first kappa shape index (κ1) is 17.7. The van der Waals surface area contributed by atoms with Crippen molar-refractivity contribution in [2.24, 2.45) is 0 Å². The molecule has 0 bridgehead atoms. The molecule has 0 saturated carbocycles. The minimum absolute atomic E-state index is 0.523. The zero-order valence-corrected chi connectivity index (χ0v) is 14.7. The Kier molecular flexibility index (Phi) is 5.64. The summed E-state index contributed by atoms with van der Waals surface area (Å²) in [5.74, 6) is 0.707. The van der Waals surface area contributed by atoms with E-state index in [0.29, 0.717) is 10.8 Å². The Labute approximate surface area is 142 Å². The van der Waals surface area contributed by atoms with Crippen LogP contribution < -0.4 is 9.46 Å². The fraction of sp³-hybridized carbons (Fsp3) is 0.250. The Bertz CT molecular complexity index is 744. The zero-order valence-electron chi connectivity index (χ0n) is 13.2. The summed E-state index contributed by atoms with van der Waals surface area (Å²) < 4.78 is 33.5. The van der Waals surface area contributed by atoms with E-state index in [1.54, 1.807) is 43.5 Å². The molecule has 1 atom stereocenters. The van der Waals surface area contributed by atoms with Gasteiger partial charge in [0.05, 0.1) is 13.2 Å². The van der Waals surface area contributed by atoms with Crippen LogP contribution >= 0.6 is 11.6 Å². The van der Waals surface area contributed by atoms with E-state index >= 15 is 0 Å². The zero-order chi connectivity index (χ0) is 17.0. The van der Waals surface area contributed by atoms with E-state index in [1.165, 1.54) is 14.1 Å². The lowest BCUT2D eigenvalue weighted by Gasteiger charge is -2.22. The molecule has 2 aromatic rings. The second kappa shape index (κ2) is 7.31. The van der Waals surface area contributed by atoms with Gasteiger partial charge in [-0.15, -0.1) is 0 Å². The molecule has 1 N–H and O–H groups in total. The lowest BCUT2D eigenvalue weighted by atomic mass is 10.00. The molecule has 0 spiro atoms. The van der Waals surface area contributed by atoms with Crippen LogP contribution in [0.1, 0.15) is 17.2 Å². The molecule has 0 fully saturated rings. The molecule has 0 amide bonds. The average molecular weight is 355 g/mol. The van der Waals surface area contributed by atoms with Gasteiger partial charge in [-0.2, -0.15) is 17.4 Å². The highest BCUT2D eigenvalue weighted by Crippen LogP contribution is 2.26. The molecule has 0 aliphatic rings. The van der Waals surface area contributed by atoms with Gasteiger partial charge in [0.15, 0.2) is 0 Å². The third-order valence-corrected chi connectivity index (χ3v) is 5.15. The molecule has 1 unspecified atom stereocenters. The maximum Gasteiger partial charge on any atom is 0.279 e. The van der Waals surface area contributed by atoms with Crippen LogP contribution in [0.15, 0.2) is 48.5 Å². The SMILES string of the molecule is COc1ccc(C(NS(=O)(=O)N(C)C)c2ccc(Cl)cc2)cc1. The van der Waals surface area contributed by atoms with Gasteiger partial charge in [-0.3, -0.25) is 0 Å². The Hall–Kier alpha value is -1.60. The fourth-order valence-corrected chi connectivity index (χ4v) is 2.94. The van der Waals surface area contributed by atoms with Crippen molar-refractivity contribution in [1.82, 2.24) is 9.03 Å². The number of hydrogen-bond donors (Lipinski definition) is 1. The van der Waals surface area contributed by atoms with Crippen molar-refractivity contribution in [3.63, 3.8) is 0 Å². The molecule has 7 heteroatoms. The highest BCUT2D eigenvalue weighted by atomic mass is 35.5. The summed E-state index contributed by atoms with van der Waals surface area (Å²) in [5, 5.41) is 0.595. The van der Waals surface area contributed by atoms with Crippen LogP contribution in [-0.2, 0) is 10.2 Å². The second-order valence-electron chi connectivity index (χ2n) is 5.16. The van der Waals surface area contributed by atoms with Gasteiger partial charge in [-0.1, -0.05) is 35.9 Å². The number of ether oxygens (including phenoxy) is 1. The van der Waals surface area contributed by atoms with E-state index in [4.69, 9.17) is 16.3 Å². The van der Waals surface area contributed by atoms with Crippen LogP contribution in [0, 0.1) is 0 Å². The molecule has 2 aromatic carbocycles. The minimum Gasteiger partial charge on any atom is -0.497 e. The van der Waals surface area contributed by atoms with Crippen LogP contribution in [0.25, 0.3) is 0 Å². The minimum atomic E-state index is -3.60. The molecule has 5 nitrogen and oxygen atoms in total. The summed E-state index contributed by atoms with van der Waals surface area (Å²) in [7, 11) is 0.946. The highest BCUT2D eigenvalue weighted by Gasteiger charge is 2.23. The summed E-state index contributed by atoms with van der Waals surface area (Å²) >= 11 is 5.92. The highest BCUT2D eigenvalue weighted by molar-refractivity contribution is 7.87. The van der Waals surface area contributed by atoms with E-state index in [0.717, 1.165) is 15.4 Å². The molecule has 0 saturated heterocycles. The van der Waals surface area contributed by atoms with Gasteiger partial charge >= 0.3 is 0 Å². The van der Waals surface area contributed by atoms with Gasteiger partial charge < -0.3 is 4.74 Å². The second-order valence-corrected chi connectivity index (χ2v) is 7.52. The quantitative estimate of drug-likeness (QED) is 0.867. The number of hydrogen-bond acceptors (Lipinski definition) is 3. The third-order valence-electron chi connectivity index (χ3n) is 3.40. The average Bonchev–Trinajstić information content (AvgIpc) is 2.53. The summed E-state index contributed by atoms with van der Waals surface area (Å²) in [6.07, 6.45) is 0. The Morgan fingerprint density at radius 3 is 1.91 bits per heavy atom. The number of halogens is 1. The monoisotopic (exact) mass is 354 g/mol. The number of rotatable bonds is 6. The summed E-state index contributed by atoms with van der Waals surface area (Å²) in [4.78, 5) is 0. The van der Waals surface area contributed by atoms with Crippen molar-refractivity contribution < 1.29 is 13.2 Å². The summed E-state index contributed by atoms with van der Waals surface area (Å²) in [6.45, 7) is 0. The fourth-order valence-electron chi connectivity index (χ4n) is 2.03. The van der Waals surface area contributed by atoms with Crippen LogP contribution in [0.2, 0.25) is 5.02 Å². The molecule has 0 aliphatic heterocycles. The number of methoxy groups -OCH3 is 1. The largest absolute Gasteiger partial charge is 0.497 e. The van der Waals surface area contributed by atoms with Crippen LogP contribution in [-0.4, -0.2) is 33.9 Å². The molecule has 23 heavy (non-hydrogen) atoms. The predicted octanol–water partition coefficient (Wildman–Crippen LogP) is 2.83. The van der Waals surface area contributed by atoms with E-state index in [2.05, 4.69) is 4.72 Å². The third kappa shape index (κ3) is 4.45. The number of nitrogens with one attached hydrogen (secondary N) is 1. The molecule has 2 rings (SSSR count). The number of benzene rings is 2. The first-order chi connectivity index (χ1) is 10.8. The number of nitrogens with zero attached hydrogens (tertiary/aromatic N) is 1. The molecule has 124 valence electrons. The first-order valence-corrected chi connectivity index (χ1v) is 8.74. The summed E-state index contributed by atoms with van der Waals surface area (Å²) in [5.41, 5.74) is 1.60. The molecular weight excluding hydrogens is 336 g/mol. The van der Waals surface area contributed by atoms with E-state index < -0.39 is 16.3 Å². The lowest BCUT2D eigenvalue weighted by Crippen LogP contribution is -2.38. The van der Waals surface area contributed by atoms with Crippen molar-refractivity contribution in [1.29, 1.82) is 0 Å². The van der Waals surface area contributed by atoms with Gasteiger partial charge in [-0.05, 0) is 35.4 Å². The maximum absolute atomic E-state index is 12.2. The lowest BCUT2D eigenvalue weighted by molar-refractivity contribution is 0.414. The smallest absolute Gasteiger partial charge is 0.279 e. The Morgan fingerprint density at radius 1 is 1.00 bits per heavy atom. The van der Waals surface area contributed by atoms with E-state index in [1.807, 2.05) is 12.1 Å². The topological polar surface area (TPSA) is 58.6 Å². The van der Waals surface area contributed by atoms with Crippen LogP contribution in [0.5, 0.6) is 5.75 Å². The predicted molar refractivity (Wildman–Crippen MR) is 92.0 cm³/mol. The van der Waals surface area contributed by atoms with Crippen molar-refractivity contribution in [3.8, 4) is 5.75 Å². The van der Waals surface area contributed by atoms with Gasteiger partial charge in [0.2, 0.25) is 0 Å². The maximum atomic E-state index is 12.2. The van der Waals surface area contributed by atoms with Gasteiger partial charge in [0, 0.05) is 19.1 Å². The van der Waals surface area contributed by atoms with Gasteiger partial charge in [0.25, 0.3) is 10.2 Å². The molecule has 0 radical (unpaired) electrons. The van der Waals surface area contributed by atoms with Crippen LogP contribution in [0.3, 0.4) is 0 Å². The summed E-state index contributed by atoms with van der Waals surface area (Å²) in [6, 6.07) is 13.8. The molecular formula is C16H19ClN2O3S. The molecule has 0 heterocycles. The van der Waals surface area contributed by atoms with Gasteiger partial charge in [-0.25, -0.2) is 0 Å². The Balaban J connectivity index is 2.43. The first-order valence-electron chi connectivity index (χ1n) is 6.92.